The summed E-state index contributed by atoms with van der Waals surface area (Å²) in [6.07, 6.45) is -0.933. The van der Waals surface area contributed by atoms with Crippen LogP contribution in [0, 0.1) is 5.92 Å². The van der Waals surface area contributed by atoms with E-state index in [9.17, 15) is 15.0 Å². The van der Waals surface area contributed by atoms with E-state index in [1.807, 2.05) is 42.2 Å². The number of hydrogen-bond donors (Lipinski definition) is 2. The van der Waals surface area contributed by atoms with Gasteiger partial charge in [-0.2, -0.15) is 5.10 Å². The molecule has 2 N–H and O–H groups in total. The maximum Gasteiger partial charge on any atom is 0.352 e. The van der Waals surface area contributed by atoms with Crippen LogP contribution in [0.3, 0.4) is 0 Å². The Hall–Kier alpha value is -2.65. The number of aliphatic hydroxyl groups excluding tert-OH is 1. The molecule has 0 aromatic heterocycles. The number of carboxylic acid groups (broad SMARTS) is 1. The zero-order chi connectivity index (χ0) is 23.5. The van der Waals surface area contributed by atoms with Crippen molar-refractivity contribution in [2.75, 3.05) is 26.2 Å². The summed E-state index contributed by atoms with van der Waals surface area (Å²) in [4.78, 5) is 15.6. The molecule has 2 aliphatic rings. The van der Waals surface area contributed by atoms with Crippen molar-refractivity contribution in [3.8, 4) is 11.5 Å². The van der Waals surface area contributed by atoms with E-state index >= 15 is 0 Å². The van der Waals surface area contributed by atoms with E-state index in [4.69, 9.17) is 16.3 Å². The molecule has 1 fully saturated rings. The Morgan fingerprint density at radius 2 is 1.91 bits per heavy atom. The summed E-state index contributed by atoms with van der Waals surface area (Å²) < 4.78 is 5.95. The minimum Gasteiger partial charge on any atom is -0.477 e. The number of hydrogen-bond acceptors (Lipinski definition) is 7. The smallest absolute Gasteiger partial charge is 0.352 e. The van der Waals surface area contributed by atoms with Crippen molar-refractivity contribution in [2.24, 2.45) is 11.0 Å². The van der Waals surface area contributed by atoms with Crippen LogP contribution in [0.5, 0.6) is 11.5 Å². The van der Waals surface area contributed by atoms with Crippen LogP contribution >= 0.6 is 11.6 Å². The Balaban J connectivity index is 1.34. The molecule has 33 heavy (non-hydrogen) atoms. The van der Waals surface area contributed by atoms with Gasteiger partial charge < -0.3 is 14.9 Å². The van der Waals surface area contributed by atoms with Gasteiger partial charge in [-0.25, -0.2) is 4.79 Å². The Labute approximate surface area is 198 Å². The van der Waals surface area contributed by atoms with Crippen LogP contribution < -0.4 is 4.74 Å². The highest BCUT2D eigenvalue weighted by molar-refractivity contribution is 6.36. The molecule has 0 saturated carbocycles. The Bertz CT molecular complexity index is 1020. The molecule has 0 aliphatic carbocycles. The predicted octanol–water partition coefficient (Wildman–Crippen LogP) is 3.31. The summed E-state index contributed by atoms with van der Waals surface area (Å²) in [6.45, 7) is 7.26. The van der Waals surface area contributed by atoms with E-state index in [0.717, 1.165) is 36.7 Å². The van der Waals surface area contributed by atoms with Crippen molar-refractivity contribution in [1.82, 2.24) is 14.8 Å². The number of nitrogens with zero attached hydrogens (tertiary/aromatic N) is 4. The number of carboxylic acids is 1. The van der Waals surface area contributed by atoms with Crippen LogP contribution in [0.15, 0.2) is 53.6 Å². The maximum atomic E-state index is 11.3. The number of piperazine rings is 1. The van der Waals surface area contributed by atoms with Crippen molar-refractivity contribution < 1.29 is 19.7 Å². The summed E-state index contributed by atoms with van der Waals surface area (Å²) >= 11 is 5.94. The van der Waals surface area contributed by atoms with Crippen LogP contribution in [-0.4, -0.2) is 75.3 Å². The minimum absolute atomic E-state index is 0.0848. The Kier molecular flexibility index (Phi) is 7.19. The van der Waals surface area contributed by atoms with Gasteiger partial charge in [0.1, 0.15) is 17.2 Å². The molecule has 4 rings (SSSR count). The van der Waals surface area contributed by atoms with Gasteiger partial charge in [-0.3, -0.25) is 14.8 Å². The monoisotopic (exact) mass is 472 g/mol. The molecule has 9 heteroatoms. The number of hydrazone groups is 1. The quantitative estimate of drug-likeness (QED) is 0.639. The molecule has 2 aromatic carbocycles. The molecule has 2 aliphatic heterocycles. The summed E-state index contributed by atoms with van der Waals surface area (Å²) in [5.41, 5.74) is 1.24. The Morgan fingerprint density at radius 1 is 1.15 bits per heavy atom. The number of ether oxygens (including phenoxy) is 1. The van der Waals surface area contributed by atoms with Gasteiger partial charge in [0.2, 0.25) is 6.35 Å². The lowest BCUT2D eigenvalue weighted by molar-refractivity contribution is -0.141. The van der Waals surface area contributed by atoms with Crippen molar-refractivity contribution >= 4 is 23.3 Å². The number of rotatable bonds is 7. The third-order valence-corrected chi connectivity index (χ3v) is 6.32. The Morgan fingerprint density at radius 3 is 2.58 bits per heavy atom. The standard InChI is InChI=1S/C24H29ClN4O4/c1-16-13-29(26-22(16)23(30)31)24(32)28-11-10-27(14-17(28)2)15-18-4-3-5-21(12-18)33-20-8-6-19(25)7-9-20/h3-9,12,16-17,24,32H,10-11,13-15H2,1-2H3,(H,30,31)/t16?,17-,24?/m0/s1. The van der Waals surface area contributed by atoms with E-state index in [2.05, 4.69) is 23.0 Å². The van der Waals surface area contributed by atoms with E-state index < -0.39 is 12.3 Å². The SMILES string of the molecule is CC1CN(C(O)N2CCN(Cc3cccc(Oc4ccc(Cl)cc4)c3)C[C@@H]2C)N=C1C(=O)O. The first-order chi connectivity index (χ1) is 15.8. The van der Waals surface area contributed by atoms with Gasteiger partial charge in [-0.05, 0) is 48.9 Å². The fraction of sp³-hybridized carbons (Fsp3) is 0.417. The topological polar surface area (TPSA) is 88.8 Å². The molecule has 0 bridgehead atoms. The lowest BCUT2D eigenvalue weighted by Crippen LogP contribution is -2.58. The second-order valence-electron chi connectivity index (χ2n) is 8.69. The molecule has 0 spiro atoms. The number of benzene rings is 2. The first kappa shape index (κ1) is 23.5. The molecule has 0 radical (unpaired) electrons. The van der Waals surface area contributed by atoms with Crippen LogP contribution in [0.25, 0.3) is 0 Å². The largest absolute Gasteiger partial charge is 0.477 e. The third-order valence-electron chi connectivity index (χ3n) is 6.06. The maximum absolute atomic E-state index is 11.3. The predicted molar refractivity (Wildman–Crippen MR) is 126 cm³/mol. The van der Waals surface area contributed by atoms with Crippen molar-refractivity contribution in [2.45, 2.75) is 32.8 Å². The first-order valence-corrected chi connectivity index (χ1v) is 11.4. The molecule has 2 heterocycles. The number of halogens is 1. The van der Waals surface area contributed by atoms with Crippen LogP contribution in [0.2, 0.25) is 5.02 Å². The van der Waals surface area contributed by atoms with E-state index in [-0.39, 0.29) is 17.7 Å². The lowest BCUT2D eigenvalue weighted by atomic mass is 10.1. The van der Waals surface area contributed by atoms with Crippen molar-refractivity contribution in [3.05, 3.63) is 59.1 Å². The summed E-state index contributed by atoms with van der Waals surface area (Å²) in [7, 11) is 0. The molecule has 8 nitrogen and oxygen atoms in total. The van der Waals surface area contributed by atoms with Gasteiger partial charge >= 0.3 is 5.97 Å². The fourth-order valence-corrected chi connectivity index (χ4v) is 4.48. The average Bonchev–Trinajstić information content (AvgIpc) is 3.17. The first-order valence-electron chi connectivity index (χ1n) is 11.1. The van der Waals surface area contributed by atoms with Crippen LogP contribution in [0.1, 0.15) is 19.4 Å². The van der Waals surface area contributed by atoms with Crippen LogP contribution in [-0.2, 0) is 11.3 Å². The number of aliphatic carboxylic acids is 1. The summed E-state index contributed by atoms with van der Waals surface area (Å²) in [5.74, 6) is 0.262. The highest BCUT2D eigenvalue weighted by Crippen LogP contribution is 2.25. The van der Waals surface area contributed by atoms with Gasteiger partial charge in [0.05, 0.1) is 0 Å². The molecule has 2 aromatic rings. The van der Waals surface area contributed by atoms with Gasteiger partial charge in [0.15, 0.2) is 0 Å². The average molecular weight is 473 g/mol. The van der Waals surface area contributed by atoms with E-state index in [1.165, 1.54) is 5.01 Å². The summed E-state index contributed by atoms with van der Waals surface area (Å²) in [5, 5.41) is 26.4. The molecule has 2 unspecified atom stereocenters. The highest BCUT2D eigenvalue weighted by Gasteiger charge is 2.36. The van der Waals surface area contributed by atoms with Gasteiger partial charge in [0, 0.05) is 49.7 Å². The normalized spacial score (nSPS) is 22.8. The molecular weight excluding hydrogens is 444 g/mol. The minimum atomic E-state index is -1.03. The van der Waals surface area contributed by atoms with Crippen molar-refractivity contribution in [1.29, 1.82) is 0 Å². The zero-order valence-corrected chi connectivity index (χ0v) is 19.5. The van der Waals surface area contributed by atoms with Crippen molar-refractivity contribution in [3.63, 3.8) is 0 Å². The van der Waals surface area contributed by atoms with E-state index in [1.54, 1.807) is 12.1 Å². The zero-order valence-electron chi connectivity index (χ0n) is 18.8. The molecule has 3 atom stereocenters. The number of carbonyl (C=O) groups is 1. The second-order valence-corrected chi connectivity index (χ2v) is 9.12. The number of aliphatic hydroxyl groups is 1. The van der Waals surface area contributed by atoms with E-state index in [0.29, 0.717) is 18.1 Å². The summed E-state index contributed by atoms with van der Waals surface area (Å²) in [6, 6.07) is 15.4. The molecule has 176 valence electrons. The molecule has 0 amide bonds. The van der Waals surface area contributed by atoms with Crippen LogP contribution in [0.4, 0.5) is 0 Å². The lowest BCUT2D eigenvalue weighted by Gasteiger charge is -2.43. The second kappa shape index (κ2) is 10.1. The van der Waals surface area contributed by atoms with Gasteiger partial charge in [-0.1, -0.05) is 30.7 Å². The highest BCUT2D eigenvalue weighted by atomic mass is 35.5. The third kappa shape index (κ3) is 5.65. The van der Waals surface area contributed by atoms with Gasteiger partial charge in [-0.15, -0.1) is 0 Å². The molecule has 1 saturated heterocycles. The fourth-order valence-electron chi connectivity index (χ4n) is 4.35. The van der Waals surface area contributed by atoms with Gasteiger partial charge in [0.25, 0.3) is 0 Å². The molecular formula is C24H29ClN4O4.